The number of ether oxygens (including phenoxy) is 1. The molecule has 0 fully saturated rings. The number of benzene rings is 1. The predicted octanol–water partition coefficient (Wildman–Crippen LogP) is 3.47. The summed E-state index contributed by atoms with van der Waals surface area (Å²) in [5.74, 6) is -0.585. The van der Waals surface area contributed by atoms with E-state index in [0.29, 0.717) is 4.47 Å². The zero-order valence-electron chi connectivity index (χ0n) is 10.4. The minimum atomic E-state index is -4.48. The number of hydrogen-bond donors (Lipinski definition) is 0. The number of hydrogen-bond acceptors (Lipinski definition) is 3. The molecule has 0 atom stereocenters. The van der Waals surface area contributed by atoms with Crippen LogP contribution in [0.1, 0.15) is 12.5 Å². The van der Waals surface area contributed by atoms with Gasteiger partial charge in [0, 0.05) is 16.7 Å². The van der Waals surface area contributed by atoms with E-state index in [0.717, 1.165) is 6.07 Å². The molecule has 3 nitrogen and oxygen atoms in total. The van der Waals surface area contributed by atoms with Gasteiger partial charge in [0.15, 0.2) is 0 Å². The first-order valence-corrected chi connectivity index (χ1v) is 6.27. The summed E-state index contributed by atoms with van der Waals surface area (Å²) in [6, 6.07) is 3.83. The Morgan fingerprint density at radius 3 is 2.53 bits per heavy atom. The summed E-state index contributed by atoms with van der Waals surface area (Å²) in [6.45, 7) is 1.71. The Morgan fingerprint density at radius 2 is 2.05 bits per heavy atom. The SMILES string of the molecule is CCN(CC(=O)OC)c1ccc(Br)cc1C(F)(F)F. The lowest BCUT2D eigenvalue weighted by molar-refractivity contribution is -0.140. The summed E-state index contributed by atoms with van der Waals surface area (Å²) in [4.78, 5) is 12.5. The summed E-state index contributed by atoms with van der Waals surface area (Å²) >= 11 is 3.01. The molecule has 1 aromatic rings. The van der Waals surface area contributed by atoms with Crippen LogP contribution in [0.3, 0.4) is 0 Å². The van der Waals surface area contributed by atoms with Crippen molar-refractivity contribution in [3.63, 3.8) is 0 Å². The quantitative estimate of drug-likeness (QED) is 0.786. The number of nitrogens with zero attached hydrogens (tertiary/aromatic N) is 1. The molecule has 0 saturated heterocycles. The summed E-state index contributed by atoms with van der Waals surface area (Å²) in [5.41, 5.74) is -0.823. The van der Waals surface area contributed by atoms with E-state index in [1.807, 2.05) is 0 Å². The van der Waals surface area contributed by atoms with Crippen molar-refractivity contribution in [2.24, 2.45) is 0 Å². The number of halogens is 4. The van der Waals surface area contributed by atoms with Gasteiger partial charge >= 0.3 is 12.1 Å². The van der Waals surface area contributed by atoms with Gasteiger partial charge in [0.25, 0.3) is 0 Å². The molecule has 0 aliphatic rings. The highest BCUT2D eigenvalue weighted by atomic mass is 79.9. The van der Waals surface area contributed by atoms with E-state index in [1.165, 1.54) is 24.1 Å². The minimum absolute atomic E-state index is 0.0383. The van der Waals surface area contributed by atoms with Gasteiger partial charge in [0.1, 0.15) is 6.54 Å². The number of carbonyl (C=O) groups excluding carboxylic acids is 1. The molecule has 0 radical (unpaired) electrons. The molecule has 0 spiro atoms. The molecule has 0 aliphatic heterocycles. The van der Waals surface area contributed by atoms with Crippen molar-refractivity contribution in [2.45, 2.75) is 13.1 Å². The second kappa shape index (κ2) is 6.27. The van der Waals surface area contributed by atoms with Crippen LogP contribution in [0.4, 0.5) is 18.9 Å². The first-order valence-electron chi connectivity index (χ1n) is 5.48. The first-order chi connectivity index (χ1) is 8.79. The van der Waals surface area contributed by atoms with E-state index in [2.05, 4.69) is 20.7 Å². The van der Waals surface area contributed by atoms with Gasteiger partial charge in [-0.2, -0.15) is 13.2 Å². The lowest BCUT2D eigenvalue weighted by Crippen LogP contribution is -2.32. The third kappa shape index (κ3) is 4.12. The molecule has 1 rings (SSSR count). The highest BCUT2D eigenvalue weighted by Gasteiger charge is 2.35. The number of methoxy groups -OCH3 is 1. The van der Waals surface area contributed by atoms with Crippen LogP contribution in [0.2, 0.25) is 0 Å². The van der Waals surface area contributed by atoms with Crippen molar-refractivity contribution in [1.82, 2.24) is 0 Å². The average molecular weight is 340 g/mol. The molecule has 19 heavy (non-hydrogen) atoms. The normalized spacial score (nSPS) is 11.3. The molecule has 106 valence electrons. The zero-order valence-corrected chi connectivity index (χ0v) is 12.0. The van der Waals surface area contributed by atoms with Crippen molar-refractivity contribution in [1.29, 1.82) is 0 Å². The molecule has 0 heterocycles. The Balaban J connectivity index is 3.20. The van der Waals surface area contributed by atoms with E-state index in [1.54, 1.807) is 6.92 Å². The molecular formula is C12H13BrF3NO2. The van der Waals surface area contributed by atoms with Gasteiger partial charge < -0.3 is 9.64 Å². The smallest absolute Gasteiger partial charge is 0.418 e. The Bertz CT molecular complexity index is 463. The molecule has 0 aliphatic carbocycles. The number of rotatable bonds is 4. The molecule has 7 heteroatoms. The molecule has 0 amide bonds. The second-order valence-corrected chi connectivity index (χ2v) is 4.67. The summed E-state index contributed by atoms with van der Waals surface area (Å²) < 4.78 is 43.8. The van der Waals surface area contributed by atoms with Crippen molar-refractivity contribution in [3.8, 4) is 0 Å². The molecule has 1 aromatic carbocycles. The van der Waals surface area contributed by atoms with E-state index in [9.17, 15) is 18.0 Å². The van der Waals surface area contributed by atoms with Crippen LogP contribution in [0.25, 0.3) is 0 Å². The van der Waals surface area contributed by atoms with Crippen molar-refractivity contribution < 1.29 is 22.7 Å². The predicted molar refractivity (Wildman–Crippen MR) is 69.0 cm³/mol. The third-order valence-electron chi connectivity index (χ3n) is 2.53. The van der Waals surface area contributed by atoms with Crippen molar-refractivity contribution in [3.05, 3.63) is 28.2 Å². The van der Waals surface area contributed by atoms with Gasteiger partial charge in [0.05, 0.1) is 12.7 Å². The largest absolute Gasteiger partial charge is 0.468 e. The molecule has 0 bridgehead atoms. The Labute approximate surface area is 117 Å². The molecular weight excluding hydrogens is 327 g/mol. The van der Waals surface area contributed by atoms with Gasteiger partial charge in [-0.25, -0.2) is 0 Å². The van der Waals surface area contributed by atoms with Crippen molar-refractivity contribution in [2.75, 3.05) is 25.1 Å². The number of carbonyl (C=O) groups is 1. The van der Waals surface area contributed by atoms with E-state index >= 15 is 0 Å². The fraction of sp³-hybridized carbons (Fsp3) is 0.417. The number of anilines is 1. The molecule has 0 saturated carbocycles. The van der Waals surface area contributed by atoms with Gasteiger partial charge in [0.2, 0.25) is 0 Å². The summed E-state index contributed by atoms with van der Waals surface area (Å²) in [5, 5.41) is 0. The van der Waals surface area contributed by atoms with Crippen LogP contribution in [0.5, 0.6) is 0 Å². The van der Waals surface area contributed by atoms with Crippen LogP contribution in [-0.4, -0.2) is 26.2 Å². The number of likely N-dealkylation sites (N-methyl/N-ethyl adjacent to an activating group) is 1. The second-order valence-electron chi connectivity index (χ2n) is 3.75. The molecule has 0 aromatic heterocycles. The fourth-order valence-electron chi connectivity index (χ4n) is 1.60. The van der Waals surface area contributed by atoms with Gasteiger partial charge in [-0.1, -0.05) is 15.9 Å². The van der Waals surface area contributed by atoms with Crippen LogP contribution >= 0.6 is 15.9 Å². The standard InChI is InChI=1S/C12H13BrF3NO2/c1-3-17(7-11(18)19-2)10-5-4-8(13)6-9(10)12(14,15)16/h4-6H,3,7H2,1-2H3. The lowest BCUT2D eigenvalue weighted by Gasteiger charge is -2.25. The summed E-state index contributed by atoms with van der Waals surface area (Å²) in [6.07, 6.45) is -4.48. The Morgan fingerprint density at radius 1 is 1.42 bits per heavy atom. The monoisotopic (exact) mass is 339 g/mol. The first kappa shape index (κ1) is 15.8. The van der Waals surface area contributed by atoms with E-state index in [-0.39, 0.29) is 18.8 Å². The third-order valence-corrected chi connectivity index (χ3v) is 3.03. The maximum absolute atomic E-state index is 13.0. The molecule has 0 unspecified atom stereocenters. The van der Waals surface area contributed by atoms with Crippen LogP contribution in [0.15, 0.2) is 22.7 Å². The fourth-order valence-corrected chi connectivity index (χ4v) is 1.96. The van der Waals surface area contributed by atoms with Crippen LogP contribution in [-0.2, 0) is 15.7 Å². The van der Waals surface area contributed by atoms with Crippen LogP contribution in [0, 0.1) is 0 Å². The highest BCUT2D eigenvalue weighted by Crippen LogP contribution is 2.38. The van der Waals surface area contributed by atoms with Crippen molar-refractivity contribution >= 4 is 27.6 Å². The van der Waals surface area contributed by atoms with Crippen LogP contribution < -0.4 is 4.90 Å². The Hall–Kier alpha value is -1.24. The van der Waals surface area contributed by atoms with E-state index < -0.39 is 17.7 Å². The average Bonchev–Trinajstić information content (AvgIpc) is 2.34. The zero-order chi connectivity index (χ0) is 14.6. The summed E-state index contributed by atoms with van der Waals surface area (Å²) in [7, 11) is 1.20. The van der Waals surface area contributed by atoms with Gasteiger partial charge in [-0.05, 0) is 25.1 Å². The molecule has 0 N–H and O–H groups in total. The van der Waals surface area contributed by atoms with E-state index in [4.69, 9.17) is 0 Å². The number of esters is 1. The highest BCUT2D eigenvalue weighted by molar-refractivity contribution is 9.10. The topological polar surface area (TPSA) is 29.5 Å². The van der Waals surface area contributed by atoms with Gasteiger partial charge in [-0.3, -0.25) is 4.79 Å². The van der Waals surface area contributed by atoms with Gasteiger partial charge in [-0.15, -0.1) is 0 Å². The Kier molecular flexibility index (Phi) is 5.22. The lowest BCUT2D eigenvalue weighted by atomic mass is 10.1. The number of alkyl halides is 3. The maximum Gasteiger partial charge on any atom is 0.418 e. The maximum atomic E-state index is 13.0. The minimum Gasteiger partial charge on any atom is -0.468 e.